The molecule has 0 bridgehead atoms. The van der Waals surface area contributed by atoms with E-state index in [0.717, 1.165) is 0 Å². The second-order valence-corrected chi connectivity index (χ2v) is 3.30. The highest BCUT2D eigenvalue weighted by molar-refractivity contribution is 5.79. The van der Waals surface area contributed by atoms with Gasteiger partial charge in [0.25, 0.3) is 0 Å². The van der Waals surface area contributed by atoms with Gasteiger partial charge < -0.3 is 36.1 Å². The van der Waals surface area contributed by atoms with E-state index in [1.54, 1.807) is 0 Å². The molecular formula is C7H16N4O7. The van der Waals surface area contributed by atoms with Crippen molar-refractivity contribution in [3.05, 3.63) is 0 Å². The second-order valence-electron chi connectivity index (χ2n) is 3.30. The number of guanidine groups is 1. The average Bonchev–Trinajstić information content (AvgIpc) is 2.34. The van der Waals surface area contributed by atoms with E-state index < -0.39 is 43.0 Å². The summed E-state index contributed by atoms with van der Waals surface area (Å²) in [4.78, 5) is 15.3. The number of hydroxylamine groups is 1. The van der Waals surface area contributed by atoms with Crippen molar-refractivity contribution in [2.24, 2.45) is 11.6 Å². The fourth-order valence-electron chi connectivity index (χ4n) is 0.862. The molecule has 0 aliphatic heterocycles. The summed E-state index contributed by atoms with van der Waals surface area (Å²) in [6, 6.07) is 0. The van der Waals surface area contributed by atoms with Crippen LogP contribution in [0.2, 0.25) is 0 Å². The zero-order valence-electron chi connectivity index (χ0n) is 9.17. The third-order valence-electron chi connectivity index (χ3n) is 1.92. The molecule has 0 aromatic heterocycles. The van der Waals surface area contributed by atoms with Crippen LogP contribution in [0.1, 0.15) is 0 Å². The highest BCUT2D eigenvalue weighted by Gasteiger charge is 2.36. The number of aliphatic hydroxyl groups is 5. The van der Waals surface area contributed by atoms with Crippen molar-refractivity contribution in [2.45, 2.75) is 24.4 Å². The Morgan fingerprint density at radius 1 is 1.28 bits per heavy atom. The third-order valence-corrected chi connectivity index (χ3v) is 1.92. The van der Waals surface area contributed by atoms with Crippen molar-refractivity contribution in [1.29, 1.82) is 5.41 Å². The molecule has 0 aromatic rings. The third kappa shape index (κ3) is 4.40. The summed E-state index contributed by atoms with van der Waals surface area (Å²) in [7, 11) is 0. The fourth-order valence-corrected chi connectivity index (χ4v) is 0.862. The molecule has 0 fully saturated rings. The lowest BCUT2D eigenvalue weighted by atomic mass is 10.0. The van der Waals surface area contributed by atoms with Gasteiger partial charge in [0.15, 0.2) is 6.10 Å². The first-order valence-electron chi connectivity index (χ1n) is 4.66. The normalized spacial score (nSPS) is 17.4. The lowest BCUT2D eigenvalue weighted by molar-refractivity contribution is -0.197. The van der Waals surface area contributed by atoms with Gasteiger partial charge >= 0.3 is 5.97 Å². The van der Waals surface area contributed by atoms with Crippen LogP contribution in [0.5, 0.6) is 0 Å². The predicted octanol–water partition coefficient (Wildman–Crippen LogP) is -5.05. The molecule has 0 radical (unpaired) electrons. The molecule has 0 heterocycles. The first kappa shape index (κ1) is 16.5. The van der Waals surface area contributed by atoms with Crippen LogP contribution >= 0.6 is 0 Å². The summed E-state index contributed by atoms with van der Waals surface area (Å²) in [6.45, 7) is -0.892. The molecule has 106 valence electrons. The van der Waals surface area contributed by atoms with E-state index in [2.05, 4.69) is 4.84 Å². The fraction of sp³-hybridized carbons (Fsp3) is 0.714. The van der Waals surface area contributed by atoms with Crippen LogP contribution in [0, 0.1) is 5.41 Å². The number of nitrogens with one attached hydrogen (secondary N) is 1. The van der Waals surface area contributed by atoms with Crippen molar-refractivity contribution in [3.63, 3.8) is 0 Å². The van der Waals surface area contributed by atoms with Crippen molar-refractivity contribution < 1.29 is 35.2 Å². The van der Waals surface area contributed by atoms with Gasteiger partial charge in [-0.05, 0) is 0 Å². The average molecular weight is 268 g/mol. The van der Waals surface area contributed by atoms with Crippen LogP contribution in [0.3, 0.4) is 0 Å². The van der Waals surface area contributed by atoms with Gasteiger partial charge in [-0.2, -0.15) is 0 Å². The monoisotopic (exact) mass is 268 g/mol. The summed E-state index contributed by atoms with van der Waals surface area (Å²) in [6.07, 6.45) is -8.13. The van der Waals surface area contributed by atoms with Gasteiger partial charge in [0.1, 0.15) is 18.3 Å². The van der Waals surface area contributed by atoms with Gasteiger partial charge in [0.2, 0.25) is 5.96 Å². The Labute approximate surface area is 101 Å². The molecule has 0 spiro atoms. The van der Waals surface area contributed by atoms with E-state index in [9.17, 15) is 20.1 Å². The summed E-state index contributed by atoms with van der Waals surface area (Å²) in [5, 5.41) is 52.0. The molecule has 11 heteroatoms. The Balaban J connectivity index is 4.49. The SMILES string of the molecule is N=C(N)N(N)OC(=O)C(O)C(O)C(O)C(O)CO. The molecule has 0 amide bonds. The molecule has 18 heavy (non-hydrogen) atoms. The van der Waals surface area contributed by atoms with Crippen molar-refractivity contribution in [3.8, 4) is 0 Å². The lowest BCUT2D eigenvalue weighted by Crippen LogP contribution is -2.52. The quantitative estimate of drug-likeness (QED) is 0.103. The Hall–Kier alpha value is -1.50. The molecule has 10 N–H and O–H groups in total. The smallest absolute Gasteiger partial charge is 0.365 e. The Morgan fingerprint density at radius 3 is 2.17 bits per heavy atom. The van der Waals surface area contributed by atoms with E-state index in [1.807, 2.05) is 0 Å². The maximum atomic E-state index is 11.2. The number of hydrogen-bond donors (Lipinski definition) is 8. The summed E-state index contributed by atoms with van der Waals surface area (Å²) in [5.74, 6) is 2.56. The standard InChI is InChI=1S/C7H16N4O7/c8-7(9)11(10)18-6(17)5(16)4(15)3(14)2(13)1-12/h2-5,12-16H,1,10H2,(H3,8,9). The topological polar surface area (TPSA) is 207 Å². The lowest BCUT2D eigenvalue weighted by Gasteiger charge is -2.25. The van der Waals surface area contributed by atoms with Gasteiger partial charge in [-0.25, -0.2) is 10.6 Å². The molecule has 0 aliphatic carbocycles. The number of aliphatic hydroxyl groups excluding tert-OH is 5. The number of hydrazine groups is 1. The molecule has 4 atom stereocenters. The van der Waals surface area contributed by atoms with Crippen LogP contribution in [-0.2, 0) is 9.63 Å². The summed E-state index contributed by atoms with van der Waals surface area (Å²) >= 11 is 0. The molecule has 0 saturated heterocycles. The largest absolute Gasteiger partial charge is 0.394 e. The first-order valence-corrected chi connectivity index (χ1v) is 4.66. The van der Waals surface area contributed by atoms with Gasteiger partial charge in [-0.3, -0.25) is 5.41 Å². The number of rotatable bonds is 5. The van der Waals surface area contributed by atoms with Crippen molar-refractivity contribution in [1.82, 2.24) is 5.17 Å². The predicted molar refractivity (Wildman–Crippen MR) is 55.1 cm³/mol. The Bertz CT molecular complexity index is 302. The number of nitrogens with zero attached hydrogens (tertiary/aromatic N) is 1. The molecule has 11 nitrogen and oxygen atoms in total. The van der Waals surface area contributed by atoms with E-state index in [4.69, 9.17) is 27.2 Å². The number of nitrogens with two attached hydrogens (primary N) is 2. The molecule has 0 aliphatic rings. The van der Waals surface area contributed by atoms with Gasteiger partial charge in [0, 0.05) is 0 Å². The van der Waals surface area contributed by atoms with E-state index >= 15 is 0 Å². The molecule has 0 rings (SSSR count). The second kappa shape index (κ2) is 7.05. The zero-order chi connectivity index (χ0) is 14.5. The minimum atomic E-state index is -2.26. The number of hydrogen-bond acceptors (Lipinski definition) is 9. The summed E-state index contributed by atoms with van der Waals surface area (Å²) < 4.78 is 0. The van der Waals surface area contributed by atoms with Crippen molar-refractivity contribution in [2.75, 3.05) is 6.61 Å². The van der Waals surface area contributed by atoms with Crippen LogP contribution in [0.15, 0.2) is 0 Å². The summed E-state index contributed by atoms with van der Waals surface area (Å²) in [5.41, 5.74) is 4.83. The molecular weight excluding hydrogens is 252 g/mol. The van der Waals surface area contributed by atoms with Gasteiger partial charge in [-0.15, -0.1) is 5.17 Å². The van der Waals surface area contributed by atoms with Crippen molar-refractivity contribution >= 4 is 11.9 Å². The van der Waals surface area contributed by atoms with E-state index in [1.165, 1.54) is 0 Å². The van der Waals surface area contributed by atoms with Gasteiger partial charge in [0.05, 0.1) is 6.61 Å². The van der Waals surface area contributed by atoms with Gasteiger partial charge in [-0.1, -0.05) is 0 Å². The van der Waals surface area contributed by atoms with Crippen LogP contribution < -0.4 is 11.6 Å². The molecule has 4 unspecified atom stereocenters. The van der Waals surface area contributed by atoms with Crippen LogP contribution in [0.25, 0.3) is 0 Å². The highest BCUT2D eigenvalue weighted by atomic mass is 16.7. The van der Waals surface area contributed by atoms with Crippen LogP contribution in [0.4, 0.5) is 0 Å². The minimum Gasteiger partial charge on any atom is -0.394 e. The highest BCUT2D eigenvalue weighted by Crippen LogP contribution is 2.06. The Morgan fingerprint density at radius 2 is 1.78 bits per heavy atom. The number of carbonyl (C=O) groups is 1. The van der Waals surface area contributed by atoms with E-state index in [0.29, 0.717) is 0 Å². The minimum absolute atomic E-state index is 0.0210. The maximum absolute atomic E-state index is 11.2. The van der Waals surface area contributed by atoms with E-state index in [-0.39, 0.29) is 5.17 Å². The Kier molecular flexibility index (Phi) is 6.46. The van der Waals surface area contributed by atoms with Crippen LogP contribution in [-0.4, -0.2) is 73.7 Å². The maximum Gasteiger partial charge on any atom is 0.365 e. The molecule has 0 aromatic carbocycles. The zero-order valence-corrected chi connectivity index (χ0v) is 9.17. The number of carbonyl (C=O) groups excluding carboxylic acids is 1. The first-order chi connectivity index (χ1) is 8.22. The molecule has 0 saturated carbocycles.